The van der Waals surface area contributed by atoms with Gasteiger partial charge in [-0.15, -0.1) is 0 Å². The fraction of sp³-hybridized carbons (Fsp3) is 0.389. The number of rotatable bonds is 6. The maximum absolute atomic E-state index is 12.7. The Morgan fingerprint density at radius 1 is 1.35 bits per heavy atom. The molecule has 138 valence electrons. The number of nitrogens with one attached hydrogen (secondary N) is 1. The zero-order valence-corrected chi connectivity index (χ0v) is 15.6. The highest BCUT2D eigenvalue weighted by atomic mass is 32.2. The number of aryl methyl sites for hydroxylation is 1. The Morgan fingerprint density at radius 2 is 2.04 bits per heavy atom. The third-order valence-corrected chi connectivity index (χ3v) is 6.05. The lowest BCUT2D eigenvalue weighted by molar-refractivity contribution is -0.147. The van der Waals surface area contributed by atoms with E-state index in [1.54, 1.807) is 13.8 Å². The van der Waals surface area contributed by atoms with Crippen molar-refractivity contribution in [2.45, 2.75) is 25.7 Å². The number of carbonyl (C=O) groups excluding carboxylic acids is 1. The molecule has 0 aliphatic heterocycles. The molecule has 26 heavy (non-hydrogen) atoms. The lowest BCUT2D eigenvalue weighted by Gasteiger charge is -2.16. The van der Waals surface area contributed by atoms with Gasteiger partial charge in [-0.3, -0.25) is 9.59 Å². The quantitative estimate of drug-likeness (QED) is 0.770. The molecular formula is C18H20N2O5S. The minimum atomic E-state index is -3.73. The summed E-state index contributed by atoms with van der Waals surface area (Å²) >= 11 is 0. The van der Waals surface area contributed by atoms with Crippen molar-refractivity contribution in [3.05, 3.63) is 40.2 Å². The van der Waals surface area contributed by atoms with Crippen molar-refractivity contribution >= 4 is 26.7 Å². The van der Waals surface area contributed by atoms with Gasteiger partial charge in [0, 0.05) is 17.0 Å². The third kappa shape index (κ3) is 4.11. The number of nitrogens with zero attached hydrogens (tertiary/aromatic N) is 1. The summed E-state index contributed by atoms with van der Waals surface area (Å²) < 4.78 is 30.3. The minimum absolute atomic E-state index is 0.0764. The second kappa shape index (κ2) is 7.70. The summed E-state index contributed by atoms with van der Waals surface area (Å²) in [7, 11) is -3.73. The van der Waals surface area contributed by atoms with Crippen molar-refractivity contribution < 1.29 is 17.9 Å². The average molecular weight is 376 g/mol. The van der Waals surface area contributed by atoms with E-state index < -0.39 is 27.6 Å². The number of fused-ring (bicyclic) bond motifs is 1. The van der Waals surface area contributed by atoms with E-state index in [0.717, 1.165) is 0 Å². The number of hydrogen-bond donors (Lipinski definition) is 1. The molecule has 0 spiro atoms. The molecule has 0 bridgehead atoms. The van der Waals surface area contributed by atoms with Crippen LogP contribution in [0, 0.1) is 30.1 Å². The average Bonchev–Trinajstić information content (AvgIpc) is 2.54. The van der Waals surface area contributed by atoms with E-state index >= 15 is 0 Å². The van der Waals surface area contributed by atoms with Crippen molar-refractivity contribution in [1.29, 1.82) is 5.26 Å². The number of pyridine rings is 1. The SMILES string of the molecule is CCOC(=O)[C@H](C#N)[C@@H](C)CS(=O)(=O)c1ccc2[nH]c(=O)cc(C)c2c1. The number of nitriles is 1. The number of carbonyl (C=O) groups is 1. The Kier molecular flexibility index (Phi) is 5.83. The summed E-state index contributed by atoms with van der Waals surface area (Å²) in [6.07, 6.45) is 0. The van der Waals surface area contributed by atoms with Crippen molar-refractivity contribution in [3.63, 3.8) is 0 Å². The van der Waals surface area contributed by atoms with Gasteiger partial charge in [0.2, 0.25) is 5.56 Å². The molecule has 1 aromatic carbocycles. The van der Waals surface area contributed by atoms with Crippen LogP contribution in [0.15, 0.2) is 34.0 Å². The molecule has 0 aliphatic carbocycles. The summed E-state index contributed by atoms with van der Waals surface area (Å²) in [5.74, 6) is -2.96. The number of hydrogen-bond acceptors (Lipinski definition) is 6. The first kappa shape index (κ1) is 19.7. The molecule has 0 radical (unpaired) electrons. The Labute approximate surface area is 151 Å². The number of esters is 1. The van der Waals surface area contributed by atoms with Crippen molar-refractivity contribution in [2.75, 3.05) is 12.4 Å². The van der Waals surface area contributed by atoms with Crippen LogP contribution in [0.1, 0.15) is 19.4 Å². The first-order chi connectivity index (χ1) is 12.2. The van der Waals surface area contributed by atoms with E-state index in [9.17, 15) is 23.3 Å². The molecular weight excluding hydrogens is 356 g/mol. The summed E-state index contributed by atoms with van der Waals surface area (Å²) in [6, 6.07) is 7.66. The maximum Gasteiger partial charge on any atom is 0.323 e. The van der Waals surface area contributed by atoms with Gasteiger partial charge in [-0.25, -0.2) is 8.42 Å². The monoisotopic (exact) mass is 376 g/mol. The minimum Gasteiger partial charge on any atom is -0.465 e. The molecule has 0 saturated heterocycles. The fourth-order valence-electron chi connectivity index (χ4n) is 2.78. The molecule has 1 heterocycles. The number of benzene rings is 1. The van der Waals surface area contributed by atoms with Crippen molar-refractivity contribution in [1.82, 2.24) is 4.98 Å². The molecule has 0 unspecified atom stereocenters. The highest BCUT2D eigenvalue weighted by Gasteiger charge is 2.31. The van der Waals surface area contributed by atoms with Crippen LogP contribution in [-0.4, -0.2) is 31.7 Å². The molecule has 0 fully saturated rings. The maximum atomic E-state index is 12.7. The third-order valence-electron chi connectivity index (χ3n) is 4.11. The van der Waals surface area contributed by atoms with Crippen LogP contribution >= 0.6 is 0 Å². The Hall–Kier alpha value is -2.66. The molecule has 1 N–H and O–H groups in total. The summed E-state index contributed by atoms with van der Waals surface area (Å²) in [5, 5.41) is 9.81. The van der Waals surface area contributed by atoms with Crippen LogP contribution < -0.4 is 5.56 Å². The van der Waals surface area contributed by atoms with Gasteiger partial charge >= 0.3 is 5.97 Å². The second-order valence-corrected chi connectivity index (χ2v) is 8.18. The zero-order valence-electron chi connectivity index (χ0n) is 14.8. The molecule has 2 aromatic rings. The van der Waals surface area contributed by atoms with Crippen LogP contribution in [-0.2, 0) is 19.4 Å². The normalized spacial score (nSPS) is 13.8. The first-order valence-electron chi connectivity index (χ1n) is 8.12. The molecule has 1 aromatic heterocycles. The van der Waals surface area contributed by atoms with Gasteiger partial charge in [0.15, 0.2) is 9.84 Å². The van der Waals surface area contributed by atoms with E-state index in [1.807, 2.05) is 6.07 Å². The molecule has 2 rings (SSSR count). The molecule has 2 atom stereocenters. The molecule has 8 heteroatoms. The van der Waals surface area contributed by atoms with Gasteiger partial charge in [0.25, 0.3) is 0 Å². The number of H-pyrrole nitrogens is 1. The Morgan fingerprint density at radius 3 is 2.65 bits per heavy atom. The van der Waals surface area contributed by atoms with Gasteiger partial charge < -0.3 is 9.72 Å². The van der Waals surface area contributed by atoms with Crippen molar-refractivity contribution in [3.8, 4) is 6.07 Å². The van der Waals surface area contributed by atoms with Gasteiger partial charge in [0.1, 0.15) is 5.92 Å². The van der Waals surface area contributed by atoms with Gasteiger partial charge in [-0.05, 0) is 43.5 Å². The molecule has 0 amide bonds. The Bertz CT molecular complexity index is 1030. The molecule has 7 nitrogen and oxygen atoms in total. The molecule has 0 saturated carbocycles. The summed E-state index contributed by atoms with van der Waals surface area (Å²) in [5.41, 5.74) is 0.948. The smallest absolute Gasteiger partial charge is 0.323 e. The van der Waals surface area contributed by atoms with Gasteiger partial charge in [-0.1, -0.05) is 6.92 Å². The predicted molar refractivity (Wildman–Crippen MR) is 96.3 cm³/mol. The predicted octanol–water partition coefficient (Wildman–Crippen LogP) is 1.95. The van der Waals surface area contributed by atoms with Crippen LogP contribution in [0.4, 0.5) is 0 Å². The van der Waals surface area contributed by atoms with Crippen LogP contribution in [0.2, 0.25) is 0 Å². The Balaban J connectivity index is 2.35. The lowest BCUT2D eigenvalue weighted by Crippen LogP contribution is -2.28. The van der Waals surface area contributed by atoms with Gasteiger partial charge in [0.05, 0.1) is 23.3 Å². The number of ether oxygens (including phenoxy) is 1. The van der Waals surface area contributed by atoms with Crippen LogP contribution in [0.25, 0.3) is 10.9 Å². The van der Waals surface area contributed by atoms with E-state index in [-0.39, 0.29) is 22.8 Å². The lowest BCUT2D eigenvalue weighted by atomic mass is 9.98. The number of sulfone groups is 1. The highest BCUT2D eigenvalue weighted by molar-refractivity contribution is 7.91. The van der Waals surface area contributed by atoms with Crippen molar-refractivity contribution in [2.24, 2.45) is 11.8 Å². The van der Waals surface area contributed by atoms with E-state index in [4.69, 9.17) is 4.74 Å². The summed E-state index contributed by atoms with van der Waals surface area (Å²) in [4.78, 5) is 26.1. The summed E-state index contributed by atoms with van der Waals surface area (Å²) in [6.45, 7) is 5.00. The van der Waals surface area contributed by atoms with E-state index in [2.05, 4.69) is 4.98 Å². The topological polar surface area (TPSA) is 117 Å². The fourth-order valence-corrected chi connectivity index (χ4v) is 4.43. The molecule has 0 aliphatic rings. The highest BCUT2D eigenvalue weighted by Crippen LogP contribution is 2.24. The number of aromatic nitrogens is 1. The van der Waals surface area contributed by atoms with Crippen LogP contribution in [0.3, 0.4) is 0 Å². The van der Waals surface area contributed by atoms with E-state index in [1.165, 1.54) is 31.2 Å². The second-order valence-electron chi connectivity index (χ2n) is 6.14. The number of aromatic amines is 1. The standard InChI is InChI=1S/C18H20N2O5S/c1-4-25-18(22)15(9-19)12(3)10-26(23,24)13-5-6-16-14(8-13)11(2)7-17(21)20-16/h5-8,12,15H,4,10H2,1-3H3,(H,20,21)/t12-,15+/m0/s1. The largest absolute Gasteiger partial charge is 0.465 e. The zero-order chi connectivity index (χ0) is 19.5. The van der Waals surface area contributed by atoms with Gasteiger partial charge in [-0.2, -0.15) is 5.26 Å². The van der Waals surface area contributed by atoms with E-state index in [0.29, 0.717) is 16.5 Å². The van der Waals surface area contributed by atoms with Crippen LogP contribution in [0.5, 0.6) is 0 Å². The first-order valence-corrected chi connectivity index (χ1v) is 9.77.